The molecule has 1 saturated heterocycles. The second-order valence-electron chi connectivity index (χ2n) is 15.1. The highest BCUT2D eigenvalue weighted by Crippen LogP contribution is 2.22. The average molecular weight is 803 g/mol. The summed E-state index contributed by atoms with van der Waals surface area (Å²) in [6, 6.07) is 0. The Hall–Kier alpha value is -2.37. The number of carbonyl (C=O) groups excluding carboxylic acids is 1. The number of carbonyl (C=O) groups is 1. The van der Waals surface area contributed by atoms with Crippen molar-refractivity contribution in [3.05, 3.63) is 72.9 Å². The lowest BCUT2D eigenvalue weighted by atomic mass is 9.99. The van der Waals surface area contributed by atoms with Gasteiger partial charge in [0.2, 0.25) is 0 Å². The molecule has 0 aromatic carbocycles. The summed E-state index contributed by atoms with van der Waals surface area (Å²) in [5, 5.41) is 40.1. The first-order valence-electron chi connectivity index (χ1n) is 22.5. The Bertz CT molecular complexity index is 1100. The van der Waals surface area contributed by atoms with E-state index in [0.29, 0.717) is 13.0 Å². The molecule has 328 valence electrons. The van der Waals surface area contributed by atoms with Gasteiger partial charge >= 0.3 is 5.97 Å². The fraction of sp³-hybridized carbons (Fsp3) is 0.729. The van der Waals surface area contributed by atoms with Gasteiger partial charge in [0.25, 0.3) is 0 Å². The molecule has 1 rings (SSSR count). The highest BCUT2D eigenvalue weighted by molar-refractivity contribution is 5.69. The predicted octanol–water partition coefficient (Wildman–Crippen LogP) is 10.1. The average Bonchev–Trinajstić information content (AvgIpc) is 3.21. The number of unbranched alkanes of at least 4 members (excludes halogenated alkanes) is 14. The molecule has 0 aromatic rings. The lowest BCUT2D eigenvalue weighted by molar-refractivity contribution is -0.305. The molecule has 1 fully saturated rings. The Labute approximate surface area is 347 Å². The molecule has 6 unspecified atom stereocenters. The summed E-state index contributed by atoms with van der Waals surface area (Å²) in [5.74, 6) is -0.335. The molecule has 9 nitrogen and oxygen atoms in total. The summed E-state index contributed by atoms with van der Waals surface area (Å²) < 4.78 is 22.7. The summed E-state index contributed by atoms with van der Waals surface area (Å²) in [6.45, 7) is 4.28. The number of hydrogen-bond acceptors (Lipinski definition) is 9. The number of rotatable bonds is 37. The van der Waals surface area contributed by atoms with Crippen LogP contribution in [-0.4, -0.2) is 89.6 Å². The number of aliphatic hydroxyl groups excluding tert-OH is 4. The van der Waals surface area contributed by atoms with Gasteiger partial charge in [0, 0.05) is 13.0 Å². The number of hydrogen-bond donors (Lipinski definition) is 4. The zero-order valence-corrected chi connectivity index (χ0v) is 35.8. The highest BCUT2D eigenvalue weighted by atomic mass is 16.7. The molecule has 0 aromatic heterocycles. The largest absolute Gasteiger partial charge is 0.457 e. The van der Waals surface area contributed by atoms with Crippen molar-refractivity contribution in [1.82, 2.24) is 0 Å². The van der Waals surface area contributed by atoms with E-state index in [4.69, 9.17) is 18.9 Å². The predicted molar refractivity (Wildman–Crippen MR) is 233 cm³/mol. The van der Waals surface area contributed by atoms with Crippen LogP contribution < -0.4 is 0 Å². The molecule has 0 spiro atoms. The third kappa shape index (κ3) is 30.4. The zero-order valence-electron chi connectivity index (χ0n) is 35.8. The number of ether oxygens (including phenoxy) is 4. The third-order valence-corrected chi connectivity index (χ3v) is 9.89. The molecular formula is C48H82O9. The maximum absolute atomic E-state index is 12.8. The maximum Gasteiger partial charge on any atom is 0.306 e. The number of allylic oxidation sites excluding steroid dienone is 12. The van der Waals surface area contributed by atoms with E-state index in [0.717, 1.165) is 70.6 Å². The van der Waals surface area contributed by atoms with E-state index in [1.165, 1.54) is 70.6 Å². The van der Waals surface area contributed by atoms with E-state index in [1.807, 2.05) is 0 Å². The second-order valence-corrected chi connectivity index (χ2v) is 15.1. The molecule has 0 bridgehead atoms. The monoisotopic (exact) mass is 803 g/mol. The molecule has 1 aliphatic rings. The summed E-state index contributed by atoms with van der Waals surface area (Å²) in [4.78, 5) is 12.8. The molecule has 0 saturated carbocycles. The molecule has 57 heavy (non-hydrogen) atoms. The van der Waals surface area contributed by atoms with Gasteiger partial charge in [0.1, 0.15) is 30.5 Å². The normalized spacial score (nSPS) is 21.1. The van der Waals surface area contributed by atoms with Crippen LogP contribution in [0.4, 0.5) is 0 Å². The quantitative estimate of drug-likeness (QED) is 0.0275. The van der Waals surface area contributed by atoms with Crippen LogP contribution >= 0.6 is 0 Å². The first-order valence-corrected chi connectivity index (χ1v) is 22.5. The van der Waals surface area contributed by atoms with E-state index in [2.05, 4.69) is 86.8 Å². The minimum absolute atomic E-state index is 0.103. The van der Waals surface area contributed by atoms with Crippen molar-refractivity contribution in [2.45, 2.75) is 198 Å². The van der Waals surface area contributed by atoms with E-state index in [9.17, 15) is 25.2 Å². The highest BCUT2D eigenvalue weighted by Gasteiger charge is 2.44. The van der Waals surface area contributed by atoms with E-state index < -0.39 is 43.4 Å². The van der Waals surface area contributed by atoms with Gasteiger partial charge in [0.15, 0.2) is 6.29 Å². The van der Waals surface area contributed by atoms with Crippen LogP contribution in [0.15, 0.2) is 72.9 Å². The number of esters is 1. The lowest BCUT2D eigenvalue weighted by Crippen LogP contribution is -2.59. The molecular weight excluding hydrogens is 721 g/mol. The summed E-state index contributed by atoms with van der Waals surface area (Å²) in [5.41, 5.74) is 0. The van der Waals surface area contributed by atoms with Crippen molar-refractivity contribution < 1.29 is 44.2 Å². The fourth-order valence-corrected chi connectivity index (χ4v) is 6.39. The van der Waals surface area contributed by atoms with Gasteiger partial charge in [-0.1, -0.05) is 170 Å². The van der Waals surface area contributed by atoms with Crippen molar-refractivity contribution >= 4 is 5.97 Å². The third-order valence-electron chi connectivity index (χ3n) is 9.89. The second kappa shape index (κ2) is 39.1. The van der Waals surface area contributed by atoms with Gasteiger partial charge < -0.3 is 39.4 Å². The minimum atomic E-state index is -1.55. The Morgan fingerprint density at radius 3 is 1.54 bits per heavy atom. The van der Waals surface area contributed by atoms with Gasteiger partial charge in [-0.15, -0.1) is 0 Å². The molecule has 6 atom stereocenters. The molecule has 0 aliphatic carbocycles. The molecule has 9 heteroatoms. The summed E-state index contributed by atoms with van der Waals surface area (Å²) in [6.07, 6.45) is 43.6. The lowest BCUT2D eigenvalue weighted by Gasteiger charge is -2.39. The first kappa shape index (κ1) is 52.6. The Morgan fingerprint density at radius 1 is 0.579 bits per heavy atom. The Morgan fingerprint density at radius 2 is 1.05 bits per heavy atom. The van der Waals surface area contributed by atoms with Gasteiger partial charge in [-0.3, -0.25) is 4.79 Å². The Balaban J connectivity index is 2.32. The van der Waals surface area contributed by atoms with Crippen molar-refractivity contribution in [3.8, 4) is 0 Å². The standard InChI is InChI=1S/C48H82O9/c1-3-5-7-9-11-13-15-17-19-20-21-22-23-24-26-28-30-32-34-36-38-54-40-42(41-55-48-47(53)46(52)45(51)43(39-49)57-48)56-44(50)37-35-33-31-29-27-25-18-16-14-12-10-8-6-4-2/h5,7,11,13,17,19,21-22,24,26,30,32,42-43,45-49,51-53H,3-4,6,8-10,12,14-16,18,20,23,25,27-29,31,33-41H2,1-2H3/b7-5-,13-11-,19-17-,22-21-,26-24-,32-30-. The van der Waals surface area contributed by atoms with Crippen molar-refractivity contribution in [3.63, 3.8) is 0 Å². The van der Waals surface area contributed by atoms with Crippen LogP contribution in [0.25, 0.3) is 0 Å². The number of aliphatic hydroxyl groups is 4. The van der Waals surface area contributed by atoms with Crippen LogP contribution in [0.1, 0.15) is 162 Å². The van der Waals surface area contributed by atoms with Crippen LogP contribution in [0.5, 0.6) is 0 Å². The fourth-order valence-electron chi connectivity index (χ4n) is 6.39. The van der Waals surface area contributed by atoms with Gasteiger partial charge in [-0.2, -0.15) is 0 Å². The van der Waals surface area contributed by atoms with Gasteiger partial charge in [-0.05, 0) is 57.8 Å². The zero-order chi connectivity index (χ0) is 41.4. The van der Waals surface area contributed by atoms with E-state index in [1.54, 1.807) is 0 Å². The van der Waals surface area contributed by atoms with Gasteiger partial charge in [0.05, 0.1) is 19.8 Å². The van der Waals surface area contributed by atoms with Crippen LogP contribution in [0.3, 0.4) is 0 Å². The van der Waals surface area contributed by atoms with Crippen LogP contribution in [-0.2, 0) is 23.7 Å². The minimum Gasteiger partial charge on any atom is -0.457 e. The SMILES string of the molecule is CC/C=C\C/C=C\C/C=C\C/C=C\C/C=C\C/C=C\CCCOCC(COC1OC(CO)C(O)C(O)C1O)OC(=O)CCCCCCCCCCCCCCCC. The van der Waals surface area contributed by atoms with E-state index >= 15 is 0 Å². The van der Waals surface area contributed by atoms with Crippen molar-refractivity contribution in [2.75, 3.05) is 26.4 Å². The summed E-state index contributed by atoms with van der Waals surface area (Å²) >= 11 is 0. The summed E-state index contributed by atoms with van der Waals surface area (Å²) in [7, 11) is 0. The maximum atomic E-state index is 12.8. The van der Waals surface area contributed by atoms with Crippen LogP contribution in [0.2, 0.25) is 0 Å². The van der Waals surface area contributed by atoms with E-state index in [-0.39, 0.29) is 19.2 Å². The smallest absolute Gasteiger partial charge is 0.306 e. The molecule has 0 amide bonds. The molecule has 0 radical (unpaired) electrons. The van der Waals surface area contributed by atoms with Crippen molar-refractivity contribution in [1.29, 1.82) is 0 Å². The van der Waals surface area contributed by atoms with Crippen molar-refractivity contribution in [2.24, 2.45) is 0 Å². The topological polar surface area (TPSA) is 135 Å². The molecule has 1 heterocycles. The molecule has 1 aliphatic heterocycles. The molecule has 4 N–H and O–H groups in total. The Kier molecular flexibility index (Phi) is 36.1. The van der Waals surface area contributed by atoms with Crippen LogP contribution in [0, 0.1) is 0 Å². The first-order chi connectivity index (χ1) is 27.9. The van der Waals surface area contributed by atoms with Gasteiger partial charge in [-0.25, -0.2) is 0 Å².